The topological polar surface area (TPSA) is 49.4 Å². The standard InChI is InChI=1S/C25H40N2O2/c1-3-4-5-6-7-8-9-10-11-15-24(28)26-23-14-12-13-22(20-23)25(29)27-18-16-21(2)17-19-27/h12-14,20-21H,3-11,15-19H2,1-2H3,(H,26,28). The first kappa shape index (κ1) is 23.4. The maximum atomic E-state index is 12.7. The molecule has 1 aliphatic rings. The summed E-state index contributed by atoms with van der Waals surface area (Å²) in [5.74, 6) is 0.821. The molecule has 0 aliphatic carbocycles. The van der Waals surface area contributed by atoms with Crippen LogP contribution in [0.2, 0.25) is 0 Å². The van der Waals surface area contributed by atoms with Crippen LogP contribution in [-0.2, 0) is 4.79 Å². The highest BCUT2D eigenvalue weighted by molar-refractivity contribution is 5.97. The van der Waals surface area contributed by atoms with Gasteiger partial charge in [0, 0.05) is 30.8 Å². The van der Waals surface area contributed by atoms with Crippen LogP contribution in [-0.4, -0.2) is 29.8 Å². The van der Waals surface area contributed by atoms with Gasteiger partial charge >= 0.3 is 0 Å². The summed E-state index contributed by atoms with van der Waals surface area (Å²) in [5.41, 5.74) is 1.39. The molecule has 0 aromatic heterocycles. The number of nitrogens with zero attached hydrogens (tertiary/aromatic N) is 1. The highest BCUT2D eigenvalue weighted by atomic mass is 16.2. The Hall–Kier alpha value is -1.84. The molecule has 1 aliphatic heterocycles. The van der Waals surface area contributed by atoms with Gasteiger partial charge in [0.05, 0.1) is 0 Å². The second-order valence-corrected chi connectivity index (χ2v) is 8.68. The SMILES string of the molecule is CCCCCCCCCCCC(=O)Nc1cccc(C(=O)N2CCC(C)CC2)c1. The average Bonchev–Trinajstić information content (AvgIpc) is 2.73. The molecule has 1 aromatic carbocycles. The fourth-order valence-corrected chi connectivity index (χ4v) is 3.94. The van der Waals surface area contributed by atoms with Gasteiger partial charge in [0.2, 0.25) is 5.91 Å². The van der Waals surface area contributed by atoms with Gasteiger partial charge in [-0.3, -0.25) is 9.59 Å². The third-order valence-electron chi connectivity index (χ3n) is 5.97. The molecule has 162 valence electrons. The van der Waals surface area contributed by atoms with Crippen molar-refractivity contribution in [2.75, 3.05) is 18.4 Å². The Morgan fingerprint density at radius 3 is 2.24 bits per heavy atom. The molecule has 1 aromatic rings. The monoisotopic (exact) mass is 400 g/mol. The van der Waals surface area contributed by atoms with Gasteiger partial charge in [-0.15, -0.1) is 0 Å². The zero-order chi connectivity index (χ0) is 20.9. The van der Waals surface area contributed by atoms with Crippen molar-refractivity contribution in [1.82, 2.24) is 4.90 Å². The number of rotatable bonds is 12. The van der Waals surface area contributed by atoms with Crippen molar-refractivity contribution in [3.63, 3.8) is 0 Å². The van der Waals surface area contributed by atoms with Crippen LogP contribution in [0.15, 0.2) is 24.3 Å². The third kappa shape index (κ3) is 9.01. The van der Waals surface area contributed by atoms with Crippen LogP contribution in [0, 0.1) is 5.92 Å². The van der Waals surface area contributed by atoms with E-state index in [1.54, 1.807) is 0 Å². The maximum Gasteiger partial charge on any atom is 0.253 e. The summed E-state index contributed by atoms with van der Waals surface area (Å²) < 4.78 is 0. The van der Waals surface area contributed by atoms with Crippen molar-refractivity contribution < 1.29 is 9.59 Å². The minimum atomic E-state index is 0.0457. The zero-order valence-electron chi connectivity index (χ0n) is 18.5. The van der Waals surface area contributed by atoms with Gasteiger partial charge in [0.15, 0.2) is 0 Å². The molecule has 0 bridgehead atoms. The second-order valence-electron chi connectivity index (χ2n) is 8.68. The van der Waals surface area contributed by atoms with Crippen molar-refractivity contribution in [3.05, 3.63) is 29.8 Å². The Labute approximate surface area is 177 Å². The fraction of sp³-hybridized carbons (Fsp3) is 0.680. The van der Waals surface area contributed by atoms with Crippen LogP contribution >= 0.6 is 0 Å². The van der Waals surface area contributed by atoms with Crippen LogP contribution < -0.4 is 5.32 Å². The number of hydrogen-bond acceptors (Lipinski definition) is 2. The molecule has 1 heterocycles. The molecule has 0 saturated carbocycles. The number of benzene rings is 1. The van der Waals surface area contributed by atoms with Crippen molar-refractivity contribution in [3.8, 4) is 0 Å². The number of unbranched alkanes of at least 4 members (excludes halogenated alkanes) is 8. The van der Waals surface area contributed by atoms with Crippen LogP contribution in [0.5, 0.6) is 0 Å². The van der Waals surface area contributed by atoms with Crippen molar-refractivity contribution in [2.24, 2.45) is 5.92 Å². The normalized spacial score (nSPS) is 14.8. The molecular weight excluding hydrogens is 360 g/mol. The van der Waals surface area contributed by atoms with Crippen molar-refractivity contribution in [1.29, 1.82) is 0 Å². The maximum absolute atomic E-state index is 12.7. The van der Waals surface area contributed by atoms with Gasteiger partial charge in [-0.1, -0.05) is 71.3 Å². The number of hydrogen-bond donors (Lipinski definition) is 1. The predicted molar refractivity (Wildman–Crippen MR) is 121 cm³/mol. The molecule has 2 amide bonds. The molecule has 1 fully saturated rings. The summed E-state index contributed by atoms with van der Waals surface area (Å²) in [4.78, 5) is 26.9. The Balaban J connectivity index is 1.66. The molecule has 4 heteroatoms. The van der Waals surface area contributed by atoms with Gasteiger partial charge < -0.3 is 10.2 Å². The van der Waals surface area contributed by atoms with Gasteiger partial charge in [0.1, 0.15) is 0 Å². The first-order chi connectivity index (χ1) is 14.1. The highest BCUT2D eigenvalue weighted by Gasteiger charge is 2.21. The first-order valence-corrected chi connectivity index (χ1v) is 11.8. The number of carbonyl (C=O) groups is 2. The lowest BCUT2D eigenvalue weighted by Crippen LogP contribution is -2.37. The van der Waals surface area contributed by atoms with E-state index in [1.165, 1.54) is 44.9 Å². The van der Waals surface area contributed by atoms with E-state index in [0.717, 1.165) is 44.5 Å². The Morgan fingerprint density at radius 1 is 0.966 bits per heavy atom. The largest absolute Gasteiger partial charge is 0.339 e. The molecule has 4 nitrogen and oxygen atoms in total. The lowest BCUT2D eigenvalue weighted by molar-refractivity contribution is -0.116. The highest BCUT2D eigenvalue weighted by Crippen LogP contribution is 2.20. The van der Waals surface area contributed by atoms with E-state index in [1.807, 2.05) is 29.2 Å². The molecule has 0 unspecified atom stereocenters. The summed E-state index contributed by atoms with van der Waals surface area (Å²) >= 11 is 0. The molecular formula is C25H40N2O2. The minimum Gasteiger partial charge on any atom is -0.339 e. The van der Waals surface area contributed by atoms with Crippen LogP contribution in [0.3, 0.4) is 0 Å². The van der Waals surface area contributed by atoms with Gasteiger partial charge in [-0.05, 0) is 43.4 Å². The van der Waals surface area contributed by atoms with E-state index in [-0.39, 0.29) is 11.8 Å². The number of piperidine rings is 1. The van der Waals surface area contributed by atoms with Crippen molar-refractivity contribution >= 4 is 17.5 Å². The molecule has 0 radical (unpaired) electrons. The van der Waals surface area contributed by atoms with E-state index in [0.29, 0.717) is 17.9 Å². The average molecular weight is 401 g/mol. The van der Waals surface area contributed by atoms with E-state index >= 15 is 0 Å². The predicted octanol–water partition coefficient (Wildman–Crippen LogP) is 6.42. The zero-order valence-corrected chi connectivity index (χ0v) is 18.5. The molecule has 2 rings (SSSR count). The van der Waals surface area contributed by atoms with E-state index in [2.05, 4.69) is 19.2 Å². The minimum absolute atomic E-state index is 0.0457. The number of nitrogens with one attached hydrogen (secondary N) is 1. The first-order valence-electron chi connectivity index (χ1n) is 11.8. The summed E-state index contributed by atoms with van der Waals surface area (Å²) in [6.07, 6.45) is 13.9. The Morgan fingerprint density at radius 2 is 1.59 bits per heavy atom. The second kappa shape index (κ2) is 13.4. The summed E-state index contributed by atoms with van der Waals surface area (Å²) in [7, 11) is 0. The van der Waals surface area contributed by atoms with Crippen LogP contribution in [0.1, 0.15) is 101 Å². The van der Waals surface area contributed by atoms with Gasteiger partial charge in [-0.2, -0.15) is 0 Å². The lowest BCUT2D eigenvalue weighted by Gasteiger charge is -2.30. The molecule has 1 N–H and O–H groups in total. The number of likely N-dealkylation sites (tertiary alicyclic amines) is 1. The Bertz CT molecular complexity index is 621. The molecule has 0 atom stereocenters. The Kier molecular flexibility index (Phi) is 10.8. The smallest absolute Gasteiger partial charge is 0.253 e. The lowest BCUT2D eigenvalue weighted by atomic mass is 9.98. The van der Waals surface area contributed by atoms with E-state index in [9.17, 15) is 9.59 Å². The summed E-state index contributed by atoms with van der Waals surface area (Å²) in [6.45, 7) is 6.14. The van der Waals surface area contributed by atoms with E-state index in [4.69, 9.17) is 0 Å². The van der Waals surface area contributed by atoms with Crippen LogP contribution in [0.4, 0.5) is 5.69 Å². The van der Waals surface area contributed by atoms with Crippen molar-refractivity contribution in [2.45, 2.75) is 90.9 Å². The quantitative estimate of drug-likeness (QED) is 0.412. The van der Waals surface area contributed by atoms with E-state index < -0.39 is 0 Å². The summed E-state index contributed by atoms with van der Waals surface area (Å²) in [6, 6.07) is 7.38. The number of anilines is 1. The van der Waals surface area contributed by atoms with Crippen LogP contribution in [0.25, 0.3) is 0 Å². The van der Waals surface area contributed by atoms with Gasteiger partial charge in [0.25, 0.3) is 5.91 Å². The fourth-order valence-electron chi connectivity index (χ4n) is 3.94. The summed E-state index contributed by atoms with van der Waals surface area (Å²) in [5, 5.41) is 2.96. The molecule has 0 spiro atoms. The molecule has 1 saturated heterocycles. The number of carbonyl (C=O) groups excluding carboxylic acids is 2. The number of amides is 2. The van der Waals surface area contributed by atoms with Gasteiger partial charge in [-0.25, -0.2) is 0 Å². The molecule has 29 heavy (non-hydrogen) atoms. The third-order valence-corrected chi connectivity index (χ3v) is 5.97.